The molecule has 2 rings (SSSR count). The average molecular weight is 272 g/mol. The summed E-state index contributed by atoms with van der Waals surface area (Å²) < 4.78 is 5.52. The molecule has 0 atom stereocenters. The number of hydrogen-bond donors (Lipinski definition) is 1. The molecular formula is C14H12N2O4. The third kappa shape index (κ3) is 2.92. The lowest BCUT2D eigenvalue weighted by Crippen LogP contribution is -2.04. The molecule has 0 aliphatic carbocycles. The number of nitro benzene ring substituents is 1. The minimum Gasteiger partial charge on any atom is -0.457 e. The zero-order valence-corrected chi connectivity index (χ0v) is 10.7. The van der Waals surface area contributed by atoms with Crippen LogP contribution in [0.15, 0.2) is 40.8 Å². The van der Waals surface area contributed by atoms with Crippen LogP contribution in [0.1, 0.15) is 11.3 Å². The van der Waals surface area contributed by atoms with Gasteiger partial charge in [0.05, 0.1) is 4.92 Å². The molecule has 1 amide bonds. The molecule has 6 nitrogen and oxygen atoms in total. The van der Waals surface area contributed by atoms with Crippen LogP contribution in [0.4, 0.5) is 5.69 Å². The number of amides is 1. The summed E-state index contributed by atoms with van der Waals surface area (Å²) in [6.45, 7) is 1.83. The first-order valence-electron chi connectivity index (χ1n) is 5.80. The highest BCUT2D eigenvalue weighted by molar-refractivity contribution is 5.89. The van der Waals surface area contributed by atoms with Crippen LogP contribution in [0.25, 0.3) is 17.4 Å². The Bertz CT molecular complexity index is 701. The number of aryl methyl sites for hydroxylation is 1. The molecule has 1 aromatic heterocycles. The van der Waals surface area contributed by atoms with Crippen molar-refractivity contribution in [3.05, 3.63) is 57.8 Å². The number of non-ortho nitro benzene ring substituents is 1. The smallest absolute Gasteiger partial charge is 0.270 e. The van der Waals surface area contributed by atoms with Gasteiger partial charge in [-0.05, 0) is 30.7 Å². The molecule has 0 bridgehead atoms. The van der Waals surface area contributed by atoms with E-state index in [1.807, 2.05) is 6.92 Å². The maximum absolute atomic E-state index is 10.8. The van der Waals surface area contributed by atoms with E-state index in [9.17, 15) is 14.9 Å². The van der Waals surface area contributed by atoms with Crippen molar-refractivity contribution in [3.63, 3.8) is 0 Å². The molecule has 0 saturated carbocycles. The largest absolute Gasteiger partial charge is 0.457 e. The van der Waals surface area contributed by atoms with Gasteiger partial charge in [0.2, 0.25) is 5.91 Å². The fourth-order valence-corrected chi connectivity index (χ4v) is 1.74. The highest BCUT2D eigenvalue weighted by atomic mass is 16.6. The van der Waals surface area contributed by atoms with Gasteiger partial charge in [-0.1, -0.05) is 6.07 Å². The SMILES string of the molecule is Cc1ccc([N+](=O)[O-])cc1-c1ccc(/C=C\C(N)=O)o1. The van der Waals surface area contributed by atoms with Crippen LogP contribution in [-0.4, -0.2) is 10.8 Å². The monoisotopic (exact) mass is 272 g/mol. The van der Waals surface area contributed by atoms with Crippen molar-refractivity contribution in [2.45, 2.75) is 6.92 Å². The topological polar surface area (TPSA) is 99.4 Å². The van der Waals surface area contributed by atoms with Gasteiger partial charge in [0.1, 0.15) is 11.5 Å². The summed E-state index contributed by atoms with van der Waals surface area (Å²) in [7, 11) is 0. The van der Waals surface area contributed by atoms with Crippen LogP contribution in [0.2, 0.25) is 0 Å². The number of nitrogens with two attached hydrogens (primary N) is 1. The molecule has 1 aromatic carbocycles. The number of primary amides is 1. The summed E-state index contributed by atoms with van der Waals surface area (Å²) in [6.07, 6.45) is 2.63. The van der Waals surface area contributed by atoms with Crippen LogP contribution < -0.4 is 5.73 Å². The van der Waals surface area contributed by atoms with Gasteiger partial charge >= 0.3 is 0 Å². The van der Waals surface area contributed by atoms with Gasteiger partial charge in [-0.15, -0.1) is 0 Å². The van der Waals surface area contributed by atoms with Gasteiger partial charge < -0.3 is 10.2 Å². The Morgan fingerprint density at radius 3 is 2.75 bits per heavy atom. The molecule has 0 fully saturated rings. The van der Waals surface area contributed by atoms with E-state index in [1.54, 1.807) is 18.2 Å². The third-order valence-corrected chi connectivity index (χ3v) is 2.74. The zero-order chi connectivity index (χ0) is 14.7. The maximum atomic E-state index is 10.8. The molecule has 0 radical (unpaired) electrons. The van der Waals surface area contributed by atoms with Gasteiger partial charge in [-0.2, -0.15) is 0 Å². The molecule has 1 heterocycles. The Morgan fingerprint density at radius 1 is 1.35 bits per heavy atom. The Morgan fingerprint density at radius 2 is 2.10 bits per heavy atom. The molecule has 6 heteroatoms. The summed E-state index contributed by atoms with van der Waals surface area (Å²) in [5.74, 6) is 0.370. The lowest BCUT2D eigenvalue weighted by Gasteiger charge is -2.02. The van der Waals surface area contributed by atoms with E-state index in [0.717, 1.165) is 5.56 Å². The van der Waals surface area contributed by atoms with E-state index in [1.165, 1.54) is 24.3 Å². The summed E-state index contributed by atoms with van der Waals surface area (Å²) in [6, 6.07) is 7.90. The number of carbonyl (C=O) groups is 1. The second kappa shape index (κ2) is 5.40. The van der Waals surface area contributed by atoms with Crippen LogP contribution >= 0.6 is 0 Å². The second-order valence-corrected chi connectivity index (χ2v) is 4.19. The molecule has 2 N–H and O–H groups in total. The highest BCUT2D eigenvalue weighted by Crippen LogP contribution is 2.29. The Labute approximate surface area is 114 Å². The fourth-order valence-electron chi connectivity index (χ4n) is 1.74. The predicted molar refractivity (Wildman–Crippen MR) is 73.8 cm³/mol. The quantitative estimate of drug-likeness (QED) is 0.525. The van der Waals surface area contributed by atoms with Crippen molar-refractivity contribution in [2.75, 3.05) is 0 Å². The number of hydrogen-bond acceptors (Lipinski definition) is 4. The predicted octanol–water partition coefficient (Wildman–Crippen LogP) is 2.66. The Hall–Kier alpha value is -2.89. The highest BCUT2D eigenvalue weighted by Gasteiger charge is 2.12. The molecule has 0 aliphatic rings. The molecule has 0 aliphatic heterocycles. The van der Waals surface area contributed by atoms with E-state index >= 15 is 0 Å². The van der Waals surface area contributed by atoms with Crippen LogP contribution in [-0.2, 0) is 4.79 Å². The Kier molecular flexibility index (Phi) is 3.65. The lowest BCUT2D eigenvalue weighted by molar-refractivity contribution is -0.384. The number of nitro groups is 1. The third-order valence-electron chi connectivity index (χ3n) is 2.74. The van der Waals surface area contributed by atoms with Crippen LogP contribution in [0, 0.1) is 17.0 Å². The van der Waals surface area contributed by atoms with E-state index in [0.29, 0.717) is 17.1 Å². The molecule has 2 aromatic rings. The van der Waals surface area contributed by atoms with Gasteiger partial charge in [0.25, 0.3) is 5.69 Å². The van der Waals surface area contributed by atoms with E-state index < -0.39 is 10.8 Å². The number of benzene rings is 1. The summed E-state index contributed by atoms with van der Waals surface area (Å²) in [5.41, 5.74) is 6.48. The minimum atomic E-state index is -0.575. The number of nitrogens with zero attached hydrogens (tertiary/aromatic N) is 1. The Balaban J connectivity index is 2.39. The van der Waals surface area contributed by atoms with E-state index in [4.69, 9.17) is 10.2 Å². The van der Waals surface area contributed by atoms with Crippen molar-refractivity contribution >= 4 is 17.7 Å². The minimum absolute atomic E-state index is 0.00349. The second-order valence-electron chi connectivity index (χ2n) is 4.19. The number of carbonyl (C=O) groups excluding carboxylic acids is 1. The van der Waals surface area contributed by atoms with Crippen molar-refractivity contribution in [2.24, 2.45) is 5.73 Å². The maximum Gasteiger partial charge on any atom is 0.270 e. The summed E-state index contributed by atoms with van der Waals surface area (Å²) in [5, 5.41) is 10.8. The van der Waals surface area contributed by atoms with Crippen LogP contribution in [0.3, 0.4) is 0 Å². The van der Waals surface area contributed by atoms with E-state index in [-0.39, 0.29) is 5.69 Å². The van der Waals surface area contributed by atoms with Crippen molar-refractivity contribution in [1.29, 1.82) is 0 Å². The standard InChI is InChI=1S/C14H12N2O4/c1-9-2-3-10(16(18)19)8-12(9)13-6-4-11(20-13)5-7-14(15)17/h2-8H,1H3,(H2,15,17)/b7-5-. The first-order chi connectivity index (χ1) is 9.47. The average Bonchev–Trinajstić information content (AvgIpc) is 2.85. The van der Waals surface area contributed by atoms with Crippen LogP contribution in [0.5, 0.6) is 0 Å². The summed E-state index contributed by atoms with van der Waals surface area (Å²) >= 11 is 0. The lowest BCUT2D eigenvalue weighted by atomic mass is 10.1. The number of furan rings is 1. The first-order valence-corrected chi connectivity index (χ1v) is 5.80. The van der Waals surface area contributed by atoms with Crippen molar-refractivity contribution in [3.8, 4) is 11.3 Å². The van der Waals surface area contributed by atoms with Gasteiger partial charge in [-0.25, -0.2) is 0 Å². The van der Waals surface area contributed by atoms with E-state index in [2.05, 4.69) is 0 Å². The molecule has 20 heavy (non-hydrogen) atoms. The fraction of sp³-hybridized carbons (Fsp3) is 0.0714. The first kappa shape index (κ1) is 13.5. The van der Waals surface area contributed by atoms with Gasteiger partial charge in [0, 0.05) is 23.8 Å². The molecule has 0 saturated heterocycles. The van der Waals surface area contributed by atoms with Crippen molar-refractivity contribution in [1.82, 2.24) is 0 Å². The molecule has 102 valence electrons. The number of rotatable bonds is 4. The normalized spacial score (nSPS) is 10.8. The van der Waals surface area contributed by atoms with Gasteiger partial charge in [-0.3, -0.25) is 14.9 Å². The summed E-state index contributed by atoms with van der Waals surface area (Å²) in [4.78, 5) is 21.0. The molecular weight excluding hydrogens is 260 g/mol. The van der Waals surface area contributed by atoms with Crippen molar-refractivity contribution < 1.29 is 14.1 Å². The molecule has 0 unspecified atom stereocenters. The van der Waals surface area contributed by atoms with Gasteiger partial charge in [0.15, 0.2) is 0 Å². The zero-order valence-electron chi connectivity index (χ0n) is 10.7. The molecule has 0 spiro atoms.